The average molecular weight is 541 g/mol. The van der Waals surface area contributed by atoms with E-state index in [0.717, 1.165) is 40.1 Å². The Labute approximate surface area is 185 Å². The van der Waals surface area contributed by atoms with Gasteiger partial charge in [0.15, 0.2) is 0 Å². The van der Waals surface area contributed by atoms with Gasteiger partial charge in [0.1, 0.15) is 5.75 Å². The summed E-state index contributed by atoms with van der Waals surface area (Å²) in [4.78, 5) is 13.0. The van der Waals surface area contributed by atoms with Crippen LogP contribution >= 0.6 is 45.8 Å². The molecule has 0 saturated carbocycles. The van der Waals surface area contributed by atoms with Gasteiger partial charge in [-0.15, -0.1) is 0 Å². The second-order valence-corrected chi connectivity index (χ2v) is 8.57. The third kappa shape index (κ3) is 5.39. The average Bonchev–Trinajstić information content (AvgIpc) is 2.61. The van der Waals surface area contributed by atoms with Gasteiger partial charge in [-0.25, -0.2) is 0 Å². The molecule has 0 saturated heterocycles. The van der Waals surface area contributed by atoms with E-state index >= 15 is 0 Å². The number of primary amides is 1. The lowest BCUT2D eigenvalue weighted by atomic mass is 9.95. The number of alkyl halides is 3. The Morgan fingerprint density at radius 3 is 2.68 bits per heavy atom. The van der Waals surface area contributed by atoms with Gasteiger partial charge in [-0.3, -0.25) is 4.79 Å². The Bertz CT molecular complexity index is 906. The SMILES string of the molecule is NC(=O)CCc1ccc2c(c1)CCN(c1cc(OC(F)(F)I)cc(Cl)c1Cl)C2. The summed E-state index contributed by atoms with van der Waals surface area (Å²) in [6.45, 7) is 1.21. The van der Waals surface area contributed by atoms with Gasteiger partial charge in [0, 0.05) is 31.6 Å². The standard InChI is InChI=1S/C19H17Cl2F2IN2O2/c20-15-8-14(28-19(22,23)24)9-16(18(15)21)26-6-5-12-7-11(2-4-17(25)27)1-3-13(12)10-26/h1,3,7-9H,2,4-6,10H2,(H2,25,27). The van der Waals surface area contributed by atoms with Crippen molar-refractivity contribution in [3.63, 3.8) is 0 Å². The summed E-state index contributed by atoms with van der Waals surface area (Å²) in [6.07, 6.45) is 1.67. The van der Waals surface area contributed by atoms with Crippen LogP contribution < -0.4 is 15.4 Å². The van der Waals surface area contributed by atoms with Crippen molar-refractivity contribution < 1.29 is 18.3 Å². The van der Waals surface area contributed by atoms with Crippen molar-refractivity contribution in [2.24, 2.45) is 5.73 Å². The van der Waals surface area contributed by atoms with Crippen LogP contribution in [0.4, 0.5) is 14.5 Å². The maximum atomic E-state index is 13.2. The van der Waals surface area contributed by atoms with E-state index in [1.807, 2.05) is 17.0 Å². The molecule has 150 valence electrons. The van der Waals surface area contributed by atoms with Crippen LogP contribution in [0.5, 0.6) is 5.75 Å². The lowest BCUT2D eigenvalue weighted by molar-refractivity contribution is -0.118. The number of aryl methyl sites for hydroxylation is 1. The fourth-order valence-corrected chi connectivity index (χ4v) is 3.90. The van der Waals surface area contributed by atoms with Crippen LogP contribution in [-0.4, -0.2) is 16.6 Å². The number of carbonyl (C=O) groups excluding carboxylic acids is 1. The number of hydrogen-bond donors (Lipinski definition) is 1. The Morgan fingerprint density at radius 1 is 1.25 bits per heavy atom. The van der Waals surface area contributed by atoms with Gasteiger partial charge in [-0.2, -0.15) is 8.78 Å². The van der Waals surface area contributed by atoms with Crippen molar-refractivity contribution in [1.82, 2.24) is 0 Å². The summed E-state index contributed by atoms with van der Waals surface area (Å²) in [5.74, 6) is -0.369. The number of rotatable bonds is 6. The molecule has 0 bridgehead atoms. The minimum atomic E-state index is -3.35. The van der Waals surface area contributed by atoms with Crippen LogP contribution in [0, 0.1) is 0 Å². The normalized spacial score (nSPS) is 14.0. The van der Waals surface area contributed by atoms with Crippen LogP contribution in [0.2, 0.25) is 10.0 Å². The molecule has 4 nitrogen and oxygen atoms in total. The van der Waals surface area contributed by atoms with Gasteiger partial charge in [0.2, 0.25) is 5.91 Å². The summed E-state index contributed by atoms with van der Waals surface area (Å²) < 4.78 is 27.7. The van der Waals surface area contributed by atoms with E-state index in [2.05, 4.69) is 10.8 Å². The molecule has 0 spiro atoms. The van der Waals surface area contributed by atoms with Crippen molar-refractivity contribution in [3.05, 3.63) is 57.1 Å². The van der Waals surface area contributed by atoms with Crippen molar-refractivity contribution in [1.29, 1.82) is 0 Å². The van der Waals surface area contributed by atoms with Crippen LogP contribution in [0.1, 0.15) is 23.1 Å². The summed E-state index contributed by atoms with van der Waals surface area (Å²) in [5.41, 5.74) is 9.11. The van der Waals surface area contributed by atoms with Crippen molar-refractivity contribution in [2.75, 3.05) is 11.4 Å². The highest BCUT2D eigenvalue weighted by atomic mass is 127. The van der Waals surface area contributed by atoms with Crippen LogP contribution in [0.3, 0.4) is 0 Å². The van der Waals surface area contributed by atoms with Crippen molar-refractivity contribution in [2.45, 2.75) is 29.9 Å². The molecule has 28 heavy (non-hydrogen) atoms. The third-order valence-electron chi connectivity index (χ3n) is 4.50. The number of halogens is 5. The molecule has 0 radical (unpaired) electrons. The minimum Gasteiger partial charge on any atom is -0.425 e. The maximum absolute atomic E-state index is 13.2. The molecule has 9 heteroatoms. The lowest BCUT2D eigenvalue weighted by Crippen LogP contribution is -2.30. The first kappa shape index (κ1) is 21.4. The molecule has 0 aromatic heterocycles. The van der Waals surface area contributed by atoms with E-state index in [-0.39, 0.29) is 16.7 Å². The number of amides is 1. The van der Waals surface area contributed by atoms with Crippen LogP contribution in [0.15, 0.2) is 30.3 Å². The van der Waals surface area contributed by atoms with Gasteiger partial charge in [-0.05, 0) is 29.5 Å². The molecule has 1 aliphatic rings. The number of ether oxygens (including phenoxy) is 1. The summed E-state index contributed by atoms with van der Waals surface area (Å²) in [6, 6.07) is 8.82. The largest absolute Gasteiger partial charge is 0.451 e. The maximum Gasteiger partial charge on any atom is 0.451 e. The van der Waals surface area contributed by atoms with Gasteiger partial charge in [0.25, 0.3) is 0 Å². The molecule has 0 fully saturated rings. The predicted octanol–water partition coefficient (Wildman–Crippen LogP) is 5.34. The summed E-state index contributed by atoms with van der Waals surface area (Å²) >= 11 is 13.4. The van der Waals surface area contributed by atoms with E-state index in [4.69, 9.17) is 28.9 Å². The van der Waals surface area contributed by atoms with E-state index in [0.29, 0.717) is 36.6 Å². The monoisotopic (exact) mass is 540 g/mol. The molecule has 1 amide bonds. The second-order valence-electron chi connectivity index (χ2n) is 6.53. The Hall–Kier alpha value is -1.32. The highest BCUT2D eigenvalue weighted by Gasteiger charge is 2.28. The number of hydrogen-bond acceptors (Lipinski definition) is 3. The predicted molar refractivity (Wildman–Crippen MR) is 115 cm³/mol. The zero-order valence-corrected chi connectivity index (χ0v) is 18.3. The van der Waals surface area contributed by atoms with Gasteiger partial charge in [-0.1, -0.05) is 41.4 Å². The molecule has 0 aliphatic carbocycles. The topological polar surface area (TPSA) is 55.6 Å². The van der Waals surface area contributed by atoms with E-state index in [1.165, 1.54) is 17.7 Å². The van der Waals surface area contributed by atoms with E-state index in [1.54, 1.807) is 0 Å². The highest BCUT2D eigenvalue weighted by molar-refractivity contribution is 14.1. The van der Waals surface area contributed by atoms with Gasteiger partial charge in [0.05, 0.1) is 38.3 Å². The quantitative estimate of drug-likeness (QED) is 0.397. The van der Waals surface area contributed by atoms with Gasteiger partial charge >= 0.3 is 4.12 Å². The number of fused-ring (bicyclic) bond motifs is 1. The number of nitrogens with two attached hydrogens (primary N) is 1. The van der Waals surface area contributed by atoms with Gasteiger partial charge < -0.3 is 15.4 Å². The first-order valence-corrected chi connectivity index (χ1v) is 10.3. The summed E-state index contributed by atoms with van der Waals surface area (Å²) in [5, 5.41) is 0.453. The fraction of sp³-hybridized carbons (Fsp3) is 0.316. The Morgan fingerprint density at radius 2 is 2.00 bits per heavy atom. The summed E-state index contributed by atoms with van der Waals surface area (Å²) in [7, 11) is 0. The molecule has 0 atom stereocenters. The molecule has 0 unspecified atom stereocenters. The van der Waals surface area contributed by atoms with E-state index in [9.17, 15) is 13.6 Å². The fourth-order valence-electron chi connectivity index (χ4n) is 3.21. The zero-order valence-electron chi connectivity index (χ0n) is 14.7. The number of carbonyl (C=O) groups is 1. The Balaban J connectivity index is 1.82. The van der Waals surface area contributed by atoms with Crippen LogP contribution in [0.25, 0.3) is 0 Å². The third-order valence-corrected chi connectivity index (χ3v) is 5.51. The molecular formula is C19H17Cl2F2IN2O2. The van der Waals surface area contributed by atoms with Crippen molar-refractivity contribution in [3.8, 4) is 5.75 Å². The minimum absolute atomic E-state index is 0.0450. The van der Waals surface area contributed by atoms with E-state index < -0.39 is 4.12 Å². The zero-order chi connectivity index (χ0) is 20.5. The molecule has 3 rings (SSSR count). The molecule has 1 heterocycles. The smallest absolute Gasteiger partial charge is 0.425 e. The van der Waals surface area contributed by atoms with Crippen LogP contribution in [-0.2, 0) is 24.2 Å². The highest BCUT2D eigenvalue weighted by Crippen LogP contribution is 2.40. The second kappa shape index (κ2) is 8.59. The van der Waals surface area contributed by atoms with Crippen molar-refractivity contribution >= 4 is 57.4 Å². The molecule has 2 N–H and O–H groups in total. The first-order chi connectivity index (χ1) is 13.1. The number of nitrogens with zero attached hydrogens (tertiary/aromatic N) is 1. The Kier molecular flexibility index (Phi) is 6.56. The number of benzene rings is 2. The number of anilines is 1. The molecule has 2 aromatic carbocycles. The molecule has 1 aliphatic heterocycles. The first-order valence-electron chi connectivity index (χ1n) is 8.51. The molecule has 2 aromatic rings. The lowest BCUT2D eigenvalue weighted by Gasteiger charge is -2.32. The molecular weight excluding hydrogens is 524 g/mol.